The van der Waals surface area contributed by atoms with E-state index >= 15 is 0 Å². The second-order valence-corrected chi connectivity index (χ2v) is 7.60. The van der Waals surface area contributed by atoms with Gasteiger partial charge in [-0.1, -0.05) is 46.2 Å². The predicted molar refractivity (Wildman–Crippen MR) is 97.2 cm³/mol. The second-order valence-electron chi connectivity index (χ2n) is 7.60. The number of piperazine rings is 1. The summed E-state index contributed by atoms with van der Waals surface area (Å²) in [6.07, 6.45) is 2.60. The highest BCUT2D eigenvalue weighted by atomic mass is 16.2. The van der Waals surface area contributed by atoms with Crippen LogP contribution in [0.1, 0.15) is 62.9 Å². The Morgan fingerprint density at radius 1 is 0.958 bits per heavy atom. The highest BCUT2D eigenvalue weighted by Crippen LogP contribution is 2.22. The fourth-order valence-electron chi connectivity index (χ4n) is 2.94. The average molecular weight is 330 g/mol. The van der Waals surface area contributed by atoms with Gasteiger partial charge in [-0.05, 0) is 29.5 Å². The Morgan fingerprint density at radius 2 is 1.50 bits per heavy atom. The van der Waals surface area contributed by atoms with Gasteiger partial charge in [-0.2, -0.15) is 0 Å². The number of amides is 2. The van der Waals surface area contributed by atoms with E-state index in [0.29, 0.717) is 32.6 Å². The molecule has 1 fully saturated rings. The topological polar surface area (TPSA) is 40.6 Å². The Labute approximate surface area is 145 Å². The second kappa shape index (κ2) is 7.82. The van der Waals surface area contributed by atoms with Crippen LogP contribution < -0.4 is 0 Å². The fraction of sp³-hybridized carbons (Fsp3) is 0.600. The Hall–Kier alpha value is -1.84. The molecule has 1 heterocycles. The van der Waals surface area contributed by atoms with E-state index in [1.807, 2.05) is 34.1 Å². The van der Waals surface area contributed by atoms with Crippen LogP contribution in [-0.4, -0.2) is 47.8 Å². The molecule has 4 heteroatoms. The van der Waals surface area contributed by atoms with Crippen LogP contribution in [0.25, 0.3) is 0 Å². The first-order chi connectivity index (χ1) is 11.3. The van der Waals surface area contributed by atoms with Gasteiger partial charge in [0.2, 0.25) is 5.91 Å². The normalized spacial score (nSPS) is 15.5. The minimum absolute atomic E-state index is 0.0658. The van der Waals surface area contributed by atoms with Crippen LogP contribution in [0.4, 0.5) is 0 Å². The highest BCUT2D eigenvalue weighted by molar-refractivity contribution is 5.94. The largest absolute Gasteiger partial charge is 0.339 e. The van der Waals surface area contributed by atoms with Crippen LogP contribution in [0.5, 0.6) is 0 Å². The van der Waals surface area contributed by atoms with E-state index in [-0.39, 0.29) is 17.2 Å². The lowest BCUT2D eigenvalue weighted by molar-refractivity contribution is -0.132. The third-order valence-corrected chi connectivity index (χ3v) is 4.66. The minimum Gasteiger partial charge on any atom is -0.339 e. The molecular weight excluding hydrogens is 300 g/mol. The average Bonchev–Trinajstić information content (AvgIpc) is 2.58. The quantitative estimate of drug-likeness (QED) is 0.848. The van der Waals surface area contributed by atoms with Gasteiger partial charge in [0, 0.05) is 38.2 Å². The molecule has 1 aliphatic rings. The number of benzene rings is 1. The summed E-state index contributed by atoms with van der Waals surface area (Å²) in [6, 6.07) is 7.92. The van der Waals surface area contributed by atoms with E-state index in [1.165, 1.54) is 5.56 Å². The van der Waals surface area contributed by atoms with Crippen LogP contribution in [0.3, 0.4) is 0 Å². The Bertz CT molecular complexity index is 564. The lowest BCUT2D eigenvalue weighted by Gasteiger charge is -2.35. The standard InChI is InChI=1S/C20H30N2O2/c1-5-6-7-18(23)21-12-14-22(15-13-21)19(24)16-8-10-17(11-9-16)20(2,3)4/h8-11H,5-7,12-15H2,1-4H3. The summed E-state index contributed by atoms with van der Waals surface area (Å²) in [6.45, 7) is 11.1. The molecule has 0 spiro atoms. The first-order valence-electron chi connectivity index (χ1n) is 9.00. The molecule has 4 nitrogen and oxygen atoms in total. The van der Waals surface area contributed by atoms with Crippen molar-refractivity contribution in [2.45, 2.75) is 52.4 Å². The first-order valence-corrected chi connectivity index (χ1v) is 9.00. The third kappa shape index (κ3) is 4.59. The zero-order chi connectivity index (χ0) is 17.7. The van der Waals surface area contributed by atoms with Gasteiger partial charge in [0.15, 0.2) is 0 Å². The molecule has 0 saturated carbocycles. The van der Waals surface area contributed by atoms with Crippen molar-refractivity contribution in [2.75, 3.05) is 26.2 Å². The molecule has 2 amide bonds. The molecule has 132 valence electrons. The lowest BCUT2D eigenvalue weighted by atomic mass is 9.86. The Morgan fingerprint density at radius 3 is 2.00 bits per heavy atom. The van der Waals surface area contributed by atoms with E-state index in [2.05, 4.69) is 27.7 Å². The third-order valence-electron chi connectivity index (χ3n) is 4.66. The molecule has 1 aliphatic heterocycles. The molecule has 1 aromatic carbocycles. The lowest BCUT2D eigenvalue weighted by Crippen LogP contribution is -2.50. The maximum atomic E-state index is 12.6. The van der Waals surface area contributed by atoms with E-state index in [1.54, 1.807) is 0 Å². The van der Waals surface area contributed by atoms with Crippen molar-refractivity contribution in [3.05, 3.63) is 35.4 Å². The summed E-state index contributed by atoms with van der Waals surface area (Å²) in [5.41, 5.74) is 2.05. The molecule has 0 aliphatic carbocycles. The zero-order valence-electron chi connectivity index (χ0n) is 15.5. The molecule has 0 atom stereocenters. The maximum absolute atomic E-state index is 12.6. The molecule has 24 heavy (non-hydrogen) atoms. The van der Waals surface area contributed by atoms with Gasteiger partial charge in [0.05, 0.1) is 0 Å². The summed E-state index contributed by atoms with van der Waals surface area (Å²) in [5.74, 6) is 0.287. The van der Waals surface area contributed by atoms with Crippen molar-refractivity contribution < 1.29 is 9.59 Å². The number of hydrogen-bond donors (Lipinski definition) is 0. The molecule has 1 saturated heterocycles. The first kappa shape index (κ1) is 18.5. The van der Waals surface area contributed by atoms with Crippen LogP contribution in [0.2, 0.25) is 0 Å². The SMILES string of the molecule is CCCCC(=O)N1CCN(C(=O)c2ccc(C(C)(C)C)cc2)CC1. The number of carbonyl (C=O) groups is 2. The molecule has 0 unspecified atom stereocenters. The van der Waals surface area contributed by atoms with Gasteiger partial charge in [0.25, 0.3) is 5.91 Å². The van der Waals surface area contributed by atoms with Gasteiger partial charge in [-0.15, -0.1) is 0 Å². The maximum Gasteiger partial charge on any atom is 0.253 e. The van der Waals surface area contributed by atoms with Gasteiger partial charge in [-0.25, -0.2) is 0 Å². The molecule has 0 aromatic heterocycles. The number of hydrogen-bond acceptors (Lipinski definition) is 2. The Balaban J connectivity index is 1.92. The van der Waals surface area contributed by atoms with Crippen molar-refractivity contribution in [2.24, 2.45) is 0 Å². The summed E-state index contributed by atoms with van der Waals surface area (Å²) in [7, 11) is 0. The van der Waals surface area contributed by atoms with E-state index in [0.717, 1.165) is 18.4 Å². The van der Waals surface area contributed by atoms with E-state index in [9.17, 15) is 9.59 Å². The number of rotatable bonds is 4. The van der Waals surface area contributed by atoms with Crippen molar-refractivity contribution in [1.29, 1.82) is 0 Å². The summed E-state index contributed by atoms with van der Waals surface area (Å²) in [5, 5.41) is 0. The van der Waals surface area contributed by atoms with E-state index < -0.39 is 0 Å². The molecule has 0 bridgehead atoms. The van der Waals surface area contributed by atoms with Gasteiger partial charge in [-0.3, -0.25) is 9.59 Å². The van der Waals surface area contributed by atoms with Gasteiger partial charge in [0.1, 0.15) is 0 Å². The fourth-order valence-corrected chi connectivity index (χ4v) is 2.94. The van der Waals surface area contributed by atoms with Crippen molar-refractivity contribution in [3.63, 3.8) is 0 Å². The van der Waals surface area contributed by atoms with Gasteiger partial charge >= 0.3 is 0 Å². The number of nitrogens with zero attached hydrogens (tertiary/aromatic N) is 2. The van der Waals surface area contributed by atoms with E-state index in [4.69, 9.17) is 0 Å². The zero-order valence-corrected chi connectivity index (χ0v) is 15.5. The van der Waals surface area contributed by atoms with Crippen LogP contribution >= 0.6 is 0 Å². The van der Waals surface area contributed by atoms with Crippen molar-refractivity contribution in [3.8, 4) is 0 Å². The molecule has 0 N–H and O–H groups in total. The number of unbranched alkanes of at least 4 members (excludes halogenated alkanes) is 1. The molecule has 0 radical (unpaired) electrons. The van der Waals surface area contributed by atoms with Crippen LogP contribution in [0.15, 0.2) is 24.3 Å². The molecule has 1 aromatic rings. The summed E-state index contributed by atoms with van der Waals surface area (Å²) in [4.78, 5) is 28.4. The van der Waals surface area contributed by atoms with Crippen molar-refractivity contribution >= 4 is 11.8 Å². The van der Waals surface area contributed by atoms with Crippen LogP contribution in [-0.2, 0) is 10.2 Å². The monoisotopic (exact) mass is 330 g/mol. The minimum atomic E-state index is 0.0658. The Kier molecular flexibility index (Phi) is 6.03. The van der Waals surface area contributed by atoms with Gasteiger partial charge < -0.3 is 9.80 Å². The predicted octanol–water partition coefficient (Wildman–Crippen LogP) is 3.46. The summed E-state index contributed by atoms with van der Waals surface area (Å²) < 4.78 is 0. The summed E-state index contributed by atoms with van der Waals surface area (Å²) >= 11 is 0. The van der Waals surface area contributed by atoms with Crippen molar-refractivity contribution in [1.82, 2.24) is 9.80 Å². The number of carbonyl (C=O) groups excluding carboxylic acids is 2. The molecular formula is C20H30N2O2. The smallest absolute Gasteiger partial charge is 0.253 e. The van der Waals surface area contributed by atoms with Crippen LogP contribution in [0, 0.1) is 0 Å². The molecule has 2 rings (SSSR count). The highest BCUT2D eigenvalue weighted by Gasteiger charge is 2.24.